The normalized spacial score (nSPS) is 25.7. The molecule has 1 saturated carbocycles. The van der Waals surface area contributed by atoms with E-state index >= 15 is 0 Å². The van der Waals surface area contributed by atoms with Crippen LogP contribution in [0.1, 0.15) is 71.3 Å². The molecule has 7 rings (SSSR count). The second kappa shape index (κ2) is 10.7. The number of fused-ring (bicyclic) bond motifs is 4. The van der Waals surface area contributed by atoms with Crippen molar-refractivity contribution in [2.75, 3.05) is 30.3 Å². The number of carbonyl (C=O) groups is 2. The first-order chi connectivity index (χ1) is 19.6. The van der Waals surface area contributed by atoms with Gasteiger partial charge in [0.25, 0.3) is 5.91 Å². The number of anilines is 2. The Morgan fingerprint density at radius 1 is 0.975 bits per heavy atom. The van der Waals surface area contributed by atoms with E-state index < -0.39 is 6.23 Å². The maximum absolute atomic E-state index is 13.2. The van der Waals surface area contributed by atoms with Crippen molar-refractivity contribution in [3.63, 3.8) is 0 Å². The zero-order valence-corrected chi connectivity index (χ0v) is 22.6. The van der Waals surface area contributed by atoms with Gasteiger partial charge in [-0.05, 0) is 67.1 Å². The Bertz CT molecular complexity index is 1410. The number of nitrogens with zero attached hydrogens (tertiary/aromatic N) is 3. The molecule has 3 aromatic rings. The first kappa shape index (κ1) is 25.2. The first-order valence-electron chi connectivity index (χ1n) is 14.5. The summed E-state index contributed by atoms with van der Waals surface area (Å²) in [5.41, 5.74) is 4.49. The second-order valence-electron chi connectivity index (χ2n) is 11.6. The number of aromatic nitrogens is 1. The van der Waals surface area contributed by atoms with E-state index in [9.17, 15) is 9.59 Å². The predicted octanol–water partition coefficient (Wildman–Crippen LogP) is 5.76. The van der Waals surface area contributed by atoms with Crippen molar-refractivity contribution in [3.05, 3.63) is 89.1 Å². The number of likely N-dealkylation sites (tertiary alicyclic amines) is 1. The van der Waals surface area contributed by atoms with Gasteiger partial charge in [-0.15, -0.1) is 0 Å². The van der Waals surface area contributed by atoms with Crippen molar-refractivity contribution in [1.82, 2.24) is 14.8 Å². The summed E-state index contributed by atoms with van der Waals surface area (Å²) in [6, 6.07) is 19.7. The van der Waals surface area contributed by atoms with E-state index in [0.717, 1.165) is 57.4 Å². The highest BCUT2D eigenvalue weighted by Gasteiger charge is 2.47. The lowest BCUT2D eigenvalue weighted by atomic mass is 9.85. The SMILES string of the molecule is O=C(Nc1cc(C2CCN(Cc3ccccc3)C2)ccn1)Nc1cccc2c1C1O[C@@H]3CCCC[C@@H]3CN1C2=O. The molecule has 1 aromatic heterocycles. The molecule has 4 heterocycles. The fourth-order valence-corrected chi connectivity index (χ4v) is 6.97. The number of ether oxygens (including phenoxy) is 1. The highest BCUT2D eigenvalue weighted by molar-refractivity contribution is 6.04. The third-order valence-electron chi connectivity index (χ3n) is 8.97. The molecular weight excluding hydrogens is 502 g/mol. The largest absolute Gasteiger partial charge is 0.350 e. The summed E-state index contributed by atoms with van der Waals surface area (Å²) < 4.78 is 6.49. The van der Waals surface area contributed by atoms with E-state index in [-0.39, 0.29) is 18.0 Å². The minimum Gasteiger partial charge on any atom is -0.350 e. The zero-order valence-electron chi connectivity index (χ0n) is 22.6. The first-order valence-corrected chi connectivity index (χ1v) is 14.5. The van der Waals surface area contributed by atoms with Crippen LogP contribution in [0.3, 0.4) is 0 Å². The van der Waals surface area contributed by atoms with Crippen LogP contribution in [0.25, 0.3) is 0 Å². The Labute approximate surface area is 234 Å². The molecule has 2 saturated heterocycles. The number of rotatable bonds is 5. The third kappa shape index (κ3) is 4.86. The van der Waals surface area contributed by atoms with Gasteiger partial charge in [-0.2, -0.15) is 0 Å². The van der Waals surface area contributed by atoms with Crippen LogP contribution < -0.4 is 10.6 Å². The molecule has 4 atom stereocenters. The number of hydrogen-bond acceptors (Lipinski definition) is 5. The molecule has 3 fully saturated rings. The average molecular weight is 538 g/mol. The summed E-state index contributed by atoms with van der Waals surface area (Å²) in [5, 5.41) is 5.89. The molecule has 8 nitrogen and oxygen atoms in total. The number of benzene rings is 2. The molecular formula is C32H35N5O3. The summed E-state index contributed by atoms with van der Waals surface area (Å²) in [6.45, 7) is 3.69. The van der Waals surface area contributed by atoms with Crippen molar-refractivity contribution < 1.29 is 14.3 Å². The van der Waals surface area contributed by atoms with E-state index in [0.29, 0.717) is 28.9 Å². The van der Waals surface area contributed by atoms with Crippen LogP contribution in [0.4, 0.5) is 16.3 Å². The summed E-state index contributed by atoms with van der Waals surface area (Å²) in [7, 11) is 0. The van der Waals surface area contributed by atoms with E-state index in [1.165, 1.54) is 17.5 Å². The van der Waals surface area contributed by atoms with Gasteiger partial charge in [-0.1, -0.05) is 49.2 Å². The van der Waals surface area contributed by atoms with Crippen LogP contribution >= 0.6 is 0 Å². The Balaban J connectivity index is 1.02. The van der Waals surface area contributed by atoms with Gasteiger partial charge >= 0.3 is 6.03 Å². The van der Waals surface area contributed by atoms with Gasteiger partial charge in [0.1, 0.15) is 5.82 Å². The maximum atomic E-state index is 13.2. The molecule has 1 aliphatic carbocycles. The van der Waals surface area contributed by atoms with E-state index in [2.05, 4.69) is 44.8 Å². The molecule has 3 amide bonds. The molecule has 2 N–H and O–H groups in total. The molecule has 0 bridgehead atoms. The van der Waals surface area contributed by atoms with Crippen LogP contribution in [0.15, 0.2) is 66.9 Å². The quantitative estimate of drug-likeness (QED) is 0.432. The van der Waals surface area contributed by atoms with Gasteiger partial charge in [0.15, 0.2) is 6.23 Å². The molecule has 3 aliphatic heterocycles. The van der Waals surface area contributed by atoms with Crippen molar-refractivity contribution in [3.8, 4) is 0 Å². The lowest BCUT2D eigenvalue weighted by molar-refractivity contribution is -0.158. The number of pyridine rings is 1. The molecule has 2 unspecified atom stereocenters. The molecule has 2 aromatic carbocycles. The van der Waals surface area contributed by atoms with Gasteiger partial charge in [0, 0.05) is 42.9 Å². The topological polar surface area (TPSA) is 86.8 Å². The summed E-state index contributed by atoms with van der Waals surface area (Å²) in [6.07, 6.45) is 7.05. The minimum atomic E-state index is -0.444. The van der Waals surface area contributed by atoms with Crippen LogP contribution in [0.5, 0.6) is 0 Å². The van der Waals surface area contributed by atoms with Gasteiger partial charge in [-0.3, -0.25) is 15.0 Å². The fourth-order valence-electron chi connectivity index (χ4n) is 6.97. The van der Waals surface area contributed by atoms with Gasteiger partial charge < -0.3 is 15.0 Å². The minimum absolute atomic E-state index is 0.0136. The summed E-state index contributed by atoms with van der Waals surface area (Å²) >= 11 is 0. The Morgan fingerprint density at radius 2 is 1.85 bits per heavy atom. The van der Waals surface area contributed by atoms with Crippen LogP contribution in [-0.2, 0) is 11.3 Å². The summed E-state index contributed by atoms with van der Waals surface area (Å²) in [5.74, 6) is 1.30. The molecule has 0 radical (unpaired) electrons. The van der Waals surface area contributed by atoms with Crippen molar-refractivity contribution >= 4 is 23.4 Å². The lowest BCUT2D eigenvalue weighted by Gasteiger charge is -2.43. The Kier molecular flexibility index (Phi) is 6.73. The zero-order chi connectivity index (χ0) is 27.1. The van der Waals surface area contributed by atoms with Crippen molar-refractivity contribution in [2.45, 2.75) is 56.9 Å². The average Bonchev–Trinajstić information content (AvgIpc) is 3.55. The third-order valence-corrected chi connectivity index (χ3v) is 8.97. The molecule has 8 heteroatoms. The monoisotopic (exact) mass is 537 g/mol. The fraction of sp³-hybridized carbons (Fsp3) is 0.406. The predicted molar refractivity (Wildman–Crippen MR) is 153 cm³/mol. The van der Waals surface area contributed by atoms with Crippen molar-refractivity contribution in [2.24, 2.45) is 5.92 Å². The van der Waals surface area contributed by atoms with Gasteiger partial charge in [-0.25, -0.2) is 9.78 Å². The number of amides is 3. The number of hydrogen-bond donors (Lipinski definition) is 2. The van der Waals surface area contributed by atoms with Crippen LogP contribution in [-0.4, -0.2) is 52.5 Å². The van der Waals surface area contributed by atoms with Crippen molar-refractivity contribution in [1.29, 1.82) is 0 Å². The Morgan fingerprint density at radius 3 is 2.75 bits per heavy atom. The lowest BCUT2D eigenvalue weighted by Crippen LogP contribution is -2.47. The standard InChI is InChI=1S/C32H35N5O3/c38-30-25-10-6-11-26(29(25)31-37(30)20-24-9-4-5-12-27(24)40-31)34-32(39)35-28-17-22(13-15-33-28)23-14-16-36(19-23)18-21-7-2-1-3-8-21/h1-3,6-8,10-11,13,15,17,23-24,27,31H,4-5,9,12,14,16,18-20H2,(H2,33,34,35,39)/t23?,24-,27-,31?/m1/s1. The molecule has 40 heavy (non-hydrogen) atoms. The number of urea groups is 1. The van der Waals surface area contributed by atoms with Gasteiger partial charge in [0.2, 0.25) is 0 Å². The van der Waals surface area contributed by atoms with Gasteiger partial charge in [0.05, 0.1) is 11.8 Å². The van der Waals surface area contributed by atoms with E-state index in [4.69, 9.17) is 4.74 Å². The van der Waals surface area contributed by atoms with Crippen LogP contribution in [0, 0.1) is 5.92 Å². The number of nitrogens with one attached hydrogen (secondary N) is 2. The summed E-state index contributed by atoms with van der Waals surface area (Å²) in [4.78, 5) is 35.1. The highest BCUT2D eigenvalue weighted by atomic mass is 16.5. The Hall–Kier alpha value is -3.75. The van der Waals surface area contributed by atoms with Crippen LogP contribution in [0.2, 0.25) is 0 Å². The van der Waals surface area contributed by atoms with E-state index in [1.807, 2.05) is 41.3 Å². The highest BCUT2D eigenvalue weighted by Crippen LogP contribution is 2.46. The molecule has 4 aliphatic rings. The maximum Gasteiger partial charge on any atom is 0.324 e. The smallest absolute Gasteiger partial charge is 0.324 e. The van der Waals surface area contributed by atoms with E-state index in [1.54, 1.807) is 6.20 Å². The molecule has 206 valence electrons. The number of carbonyl (C=O) groups excluding carboxylic acids is 2. The molecule has 0 spiro atoms. The second-order valence-corrected chi connectivity index (χ2v) is 11.6.